The van der Waals surface area contributed by atoms with Crippen LogP contribution < -0.4 is 9.47 Å². The average molecular weight is 389 g/mol. The lowest BCUT2D eigenvalue weighted by atomic mass is 10.1. The Morgan fingerprint density at radius 3 is 2.41 bits per heavy atom. The summed E-state index contributed by atoms with van der Waals surface area (Å²) in [5.41, 5.74) is 3.52. The van der Waals surface area contributed by atoms with Crippen molar-refractivity contribution in [1.29, 1.82) is 0 Å². The molecule has 0 aliphatic heterocycles. The Morgan fingerprint density at radius 2 is 1.62 bits per heavy atom. The Kier molecular flexibility index (Phi) is 5.56. The van der Waals surface area contributed by atoms with Gasteiger partial charge in [0.1, 0.15) is 42.5 Å². The maximum absolute atomic E-state index is 13.4. The monoisotopic (exact) mass is 389 g/mol. The summed E-state index contributed by atoms with van der Waals surface area (Å²) >= 11 is 0. The first-order valence-electron chi connectivity index (χ1n) is 9.27. The van der Waals surface area contributed by atoms with Crippen LogP contribution in [-0.2, 0) is 13.2 Å². The van der Waals surface area contributed by atoms with Crippen LogP contribution in [0.1, 0.15) is 16.8 Å². The highest BCUT2D eigenvalue weighted by molar-refractivity contribution is 5.52. The third-order valence-corrected chi connectivity index (χ3v) is 4.30. The van der Waals surface area contributed by atoms with Gasteiger partial charge < -0.3 is 13.9 Å². The number of aromatic nitrogens is 1. The van der Waals surface area contributed by atoms with Crippen LogP contribution in [0.4, 0.5) is 4.39 Å². The first kappa shape index (κ1) is 18.7. The fraction of sp³-hybridized carbons (Fsp3) is 0.125. The van der Waals surface area contributed by atoms with Crippen molar-refractivity contribution in [3.05, 3.63) is 102 Å². The molecule has 1 heterocycles. The number of hydrogen-bond acceptors (Lipinski definition) is 4. The predicted octanol–water partition coefficient (Wildman–Crippen LogP) is 5.95. The summed E-state index contributed by atoms with van der Waals surface area (Å²) in [6.07, 6.45) is 1.51. The summed E-state index contributed by atoms with van der Waals surface area (Å²) < 4.78 is 30.4. The number of benzene rings is 3. The molecule has 146 valence electrons. The molecule has 0 N–H and O–H groups in total. The van der Waals surface area contributed by atoms with Gasteiger partial charge in [-0.15, -0.1) is 0 Å². The van der Waals surface area contributed by atoms with Gasteiger partial charge in [0.25, 0.3) is 0 Å². The van der Waals surface area contributed by atoms with E-state index in [0.29, 0.717) is 29.5 Å². The molecule has 0 radical (unpaired) electrons. The Bertz CT molecular complexity index is 1110. The molecule has 1 aromatic heterocycles. The minimum absolute atomic E-state index is 0.236. The molecule has 0 amide bonds. The summed E-state index contributed by atoms with van der Waals surface area (Å²) in [6.45, 7) is 2.78. The van der Waals surface area contributed by atoms with Crippen LogP contribution in [0.25, 0.3) is 11.5 Å². The molecule has 0 bridgehead atoms. The zero-order valence-electron chi connectivity index (χ0n) is 16.0. The number of aryl methyl sites for hydroxylation is 1. The van der Waals surface area contributed by atoms with E-state index in [1.165, 1.54) is 24.0 Å². The Morgan fingerprint density at radius 1 is 0.862 bits per heavy atom. The van der Waals surface area contributed by atoms with Crippen molar-refractivity contribution in [1.82, 2.24) is 4.98 Å². The topological polar surface area (TPSA) is 44.5 Å². The smallest absolute Gasteiger partial charge is 0.226 e. The first-order valence-corrected chi connectivity index (χ1v) is 9.27. The van der Waals surface area contributed by atoms with E-state index in [1.807, 2.05) is 36.4 Å². The van der Waals surface area contributed by atoms with Gasteiger partial charge in [-0.2, -0.15) is 0 Å². The summed E-state index contributed by atoms with van der Waals surface area (Å²) in [7, 11) is 0. The van der Waals surface area contributed by atoms with E-state index in [1.54, 1.807) is 12.1 Å². The van der Waals surface area contributed by atoms with Crippen LogP contribution in [0.2, 0.25) is 0 Å². The average Bonchev–Trinajstić information content (AvgIpc) is 3.20. The van der Waals surface area contributed by atoms with Crippen LogP contribution in [0.5, 0.6) is 11.5 Å². The largest absolute Gasteiger partial charge is 0.489 e. The van der Waals surface area contributed by atoms with Crippen LogP contribution in [0, 0.1) is 12.7 Å². The third-order valence-electron chi connectivity index (χ3n) is 4.30. The number of oxazole rings is 1. The molecule has 0 saturated carbocycles. The van der Waals surface area contributed by atoms with Crippen molar-refractivity contribution < 1.29 is 18.3 Å². The first-order chi connectivity index (χ1) is 14.2. The van der Waals surface area contributed by atoms with Crippen LogP contribution in [0.15, 0.2) is 83.5 Å². The van der Waals surface area contributed by atoms with Gasteiger partial charge in [0, 0.05) is 11.6 Å². The molecular weight excluding hydrogens is 369 g/mol. The highest BCUT2D eigenvalue weighted by atomic mass is 19.1. The third kappa shape index (κ3) is 5.02. The van der Waals surface area contributed by atoms with Crippen LogP contribution in [0.3, 0.4) is 0 Å². The summed E-state index contributed by atoms with van der Waals surface area (Å²) in [6, 6.07) is 21.8. The molecule has 0 atom stereocenters. The maximum atomic E-state index is 13.4. The van der Waals surface area contributed by atoms with Gasteiger partial charge in [0.15, 0.2) is 0 Å². The van der Waals surface area contributed by atoms with E-state index >= 15 is 0 Å². The second-order valence-electron chi connectivity index (χ2n) is 6.70. The molecule has 0 spiro atoms. The van der Waals surface area contributed by atoms with E-state index < -0.39 is 0 Å². The second-order valence-corrected chi connectivity index (χ2v) is 6.70. The van der Waals surface area contributed by atoms with Gasteiger partial charge in [-0.05, 0) is 42.8 Å². The lowest BCUT2D eigenvalue weighted by Crippen LogP contribution is -1.98. The van der Waals surface area contributed by atoms with Gasteiger partial charge in [-0.1, -0.05) is 42.0 Å². The Hall–Kier alpha value is -3.60. The minimum Gasteiger partial charge on any atom is -0.489 e. The number of nitrogens with zero attached hydrogens (tertiary/aromatic N) is 1. The van der Waals surface area contributed by atoms with Gasteiger partial charge in [-0.3, -0.25) is 0 Å². The number of hydrogen-bond donors (Lipinski definition) is 0. The molecule has 0 aliphatic rings. The van der Waals surface area contributed by atoms with Crippen LogP contribution in [-0.4, -0.2) is 4.98 Å². The predicted molar refractivity (Wildman–Crippen MR) is 108 cm³/mol. The highest BCUT2D eigenvalue weighted by Crippen LogP contribution is 2.23. The van der Waals surface area contributed by atoms with Crippen molar-refractivity contribution >= 4 is 0 Å². The number of ether oxygens (including phenoxy) is 2. The molecule has 4 rings (SSSR count). The van der Waals surface area contributed by atoms with Crippen molar-refractivity contribution in [2.45, 2.75) is 20.1 Å². The molecule has 0 aliphatic carbocycles. The van der Waals surface area contributed by atoms with Gasteiger partial charge in [0.05, 0.1) is 0 Å². The zero-order valence-corrected chi connectivity index (χ0v) is 16.0. The molecule has 0 saturated heterocycles. The fourth-order valence-electron chi connectivity index (χ4n) is 2.91. The fourth-order valence-corrected chi connectivity index (χ4v) is 2.91. The van der Waals surface area contributed by atoms with E-state index in [9.17, 15) is 4.39 Å². The number of halogens is 1. The Labute approximate surface area is 168 Å². The highest BCUT2D eigenvalue weighted by Gasteiger charge is 2.08. The molecule has 0 unspecified atom stereocenters. The van der Waals surface area contributed by atoms with Crippen molar-refractivity contribution in [2.24, 2.45) is 0 Å². The standard InChI is InChI=1S/C24H20FNO3/c1-17-5-2-6-18(11-17)14-27-22-9-4-10-23(13-22)28-15-21-16-29-24(26-21)19-7-3-8-20(25)12-19/h2-13,16H,14-15H2,1H3. The molecular formula is C24H20FNO3. The van der Waals surface area contributed by atoms with E-state index in [0.717, 1.165) is 11.3 Å². The van der Waals surface area contributed by atoms with Gasteiger partial charge in [0.2, 0.25) is 5.89 Å². The van der Waals surface area contributed by atoms with Gasteiger partial charge in [-0.25, -0.2) is 9.37 Å². The second kappa shape index (κ2) is 8.61. The molecule has 3 aromatic carbocycles. The molecule has 4 nitrogen and oxygen atoms in total. The van der Waals surface area contributed by atoms with Gasteiger partial charge >= 0.3 is 0 Å². The summed E-state index contributed by atoms with van der Waals surface area (Å²) in [5, 5.41) is 0. The van der Waals surface area contributed by atoms with Crippen molar-refractivity contribution in [2.75, 3.05) is 0 Å². The molecule has 0 fully saturated rings. The molecule has 5 heteroatoms. The normalized spacial score (nSPS) is 10.7. The lowest BCUT2D eigenvalue weighted by molar-refractivity contribution is 0.287. The SMILES string of the molecule is Cc1cccc(COc2cccc(OCc3coc(-c4cccc(F)c4)n3)c2)c1. The van der Waals surface area contributed by atoms with E-state index in [-0.39, 0.29) is 12.4 Å². The van der Waals surface area contributed by atoms with E-state index in [2.05, 4.69) is 24.0 Å². The van der Waals surface area contributed by atoms with Crippen molar-refractivity contribution in [3.63, 3.8) is 0 Å². The van der Waals surface area contributed by atoms with Crippen LogP contribution >= 0.6 is 0 Å². The lowest BCUT2D eigenvalue weighted by Gasteiger charge is -2.09. The van der Waals surface area contributed by atoms with Crippen molar-refractivity contribution in [3.8, 4) is 23.0 Å². The summed E-state index contributed by atoms with van der Waals surface area (Å²) in [4.78, 5) is 4.35. The van der Waals surface area contributed by atoms with E-state index in [4.69, 9.17) is 13.9 Å². The quantitative estimate of drug-likeness (QED) is 0.392. The summed E-state index contributed by atoms with van der Waals surface area (Å²) in [5.74, 6) is 1.42. The number of rotatable bonds is 7. The molecule has 4 aromatic rings. The molecule has 29 heavy (non-hydrogen) atoms. The zero-order chi connectivity index (χ0) is 20.1. The Balaban J connectivity index is 1.36. The minimum atomic E-state index is -0.332. The maximum Gasteiger partial charge on any atom is 0.226 e.